The molecule has 0 spiro atoms. The predicted molar refractivity (Wildman–Crippen MR) is 102 cm³/mol. The predicted octanol–water partition coefficient (Wildman–Crippen LogP) is 5.16. The summed E-state index contributed by atoms with van der Waals surface area (Å²) in [6, 6.07) is 15.6. The van der Waals surface area contributed by atoms with E-state index in [9.17, 15) is 4.39 Å². The fourth-order valence-electron chi connectivity index (χ4n) is 3.85. The van der Waals surface area contributed by atoms with E-state index < -0.39 is 0 Å². The quantitative estimate of drug-likeness (QED) is 0.705. The van der Waals surface area contributed by atoms with Crippen LogP contribution in [-0.2, 0) is 0 Å². The minimum absolute atomic E-state index is 0.146. The lowest BCUT2D eigenvalue weighted by molar-refractivity contribution is 0.243. The van der Waals surface area contributed by atoms with Crippen LogP contribution in [0.4, 0.5) is 10.1 Å². The molecule has 1 aliphatic carbocycles. The highest BCUT2D eigenvalue weighted by molar-refractivity contribution is 9.10. The highest BCUT2D eigenvalue weighted by atomic mass is 79.9. The lowest BCUT2D eigenvalue weighted by Crippen LogP contribution is -2.35. The van der Waals surface area contributed by atoms with Crippen LogP contribution in [0, 0.1) is 17.7 Å². The van der Waals surface area contributed by atoms with Gasteiger partial charge in [-0.25, -0.2) is 4.39 Å². The number of benzene rings is 2. The van der Waals surface area contributed by atoms with Crippen LogP contribution >= 0.6 is 15.9 Å². The number of halogens is 2. The van der Waals surface area contributed by atoms with Crippen LogP contribution in [0.2, 0.25) is 0 Å². The number of nitrogens with two attached hydrogens (primary N) is 1. The molecule has 2 aromatic carbocycles. The molecule has 24 heavy (non-hydrogen) atoms. The lowest BCUT2D eigenvalue weighted by atomic mass is 9.69. The third-order valence-electron chi connectivity index (χ3n) is 5.13. The van der Waals surface area contributed by atoms with Gasteiger partial charge >= 0.3 is 0 Å². The highest BCUT2D eigenvalue weighted by Gasteiger charge is 2.36. The van der Waals surface area contributed by atoms with E-state index in [2.05, 4.69) is 27.3 Å². The second-order valence-corrected chi connectivity index (χ2v) is 7.58. The van der Waals surface area contributed by atoms with Crippen LogP contribution in [0.1, 0.15) is 30.7 Å². The van der Waals surface area contributed by atoms with Crippen LogP contribution in [0.25, 0.3) is 0 Å². The Hall–Kier alpha value is -1.39. The van der Waals surface area contributed by atoms with Gasteiger partial charge in [0.25, 0.3) is 0 Å². The molecule has 0 saturated heterocycles. The van der Waals surface area contributed by atoms with E-state index in [1.54, 1.807) is 0 Å². The number of hydrogen-bond donors (Lipinski definition) is 2. The second kappa shape index (κ2) is 8.13. The summed E-state index contributed by atoms with van der Waals surface area (Å²) < 4.78 is 14.8. The Kier molecular flexibility index (Phi) is 5.90. The van der Waals surface area contributed by atoms with Crippen molar-refractivity contribution in [3.63, 3.8) is 0 Å². The summed E-state index contributed by atoms with van der Waals surface area (Å²) in [4.78, 5) is 0. The van der Waals surface area contributed by atoms with Crippen molar-refractivity contribution in [2.24, 2.45) is 17.6 Å². The Morgan fingerprint density at radius 1 is 1.08 bits per heavy atom. The standard InChI is InChI=1S/C14H18BrFN2.C6H6/c15-10-4-12-11-3-8(6-17)1-2-9(11)7-18-14(12)13(16)5-10;1-2-4-6-5-3-1/h4-5,8-9,11,18H,1-3,6-7,17H2;1-6H. The van der Waals surface area contributed by atoms with Crippen molar-refractivity contribution in [3.8, 4) is 0 Å². The molecule has 1 heterocycles. The third-order valence-corrected chi connectivity index (χ3v) is 5.59. The smallest absolute Gasteiger partial charge is 0.147 e. The molecule has 0 radical (unpaired) electrons. The number of anilines is 1. The van der Waals surface area contributed by atoms with Crippen molar-refractivity contribution in [3.05, 3.63) is 64.4 Å². The van der Waals surface area contributed by atoms with Crippen LogP contribution in [0.15, 0.2) is 53.0 Å². The minimum Gasteiger partial charge on any atom is -0.382 e. The fourth-order valence-corrected chi connectivity index (χ4v) is 4.30. The summed E-state index contributed by atoms with van der Waals surface area (Å²) in [6.45, 7) is 1.65. The summed E-state index contributed by atoms with van der Waals surface area (Å²) in [7, 11) is 0. The molecule has 3 unspecified atom stereocenters. The normalized spacial score (nSPS) is 24.7. The molecule has 0 bridgehead atoms. The molecule has 0 amide bonds. The summed E-state index contributed by atoms with van der Waals surface area (Å²) in [5.41, 5.74) is 7.65. The van der Waals surface area contributed by atoms with Gasteiger partial charge in [-0.1, -0.05) is 52.3 Å². The molecule has 128 valence electrons. The number of rotatable bonds is 1. The Morgan fingerprint density at radius 2 is 1.75 bits per heavy atom. The van der Waals surface area contributed by atoms with Crippen LogP contribution in [0.3, 0.4) is 0 Å². The first-order chi connectivity index (χ1) is 11.7. The van der Waals surface area contributed by atoms with Crippen molar-refractivity contribution < 1.29 is 4.39 Å². The second-order valence-electron chi connectivity index (χ2n) is 6.67. The molecule has 3 atom stereocenters. The molecule has 4 heteroatoms. The van der Waals surface area contributed by atoms with E-state index in [0.29, 0.717) is 23.4 Å². The Balaban J connectivity index is 0.000000238. The van der Waals surface area contributed by atoms with Crippen LogP contribution in [-0.4, -0.2) is 13.1 Å². The molecular formula is C20H24BrFN2. The minimum atomic E-state index is -0.146. The maximum Gasteiger partial charge on any atom is 0.147 e. The SMILES string of the molecule is NCC1CCC2CNc3c(F)cc(Br)cc3C2C1.c1ccccc1. The van der Waals surface area contributed by atoms with Crippen molar-refractivity contribution in [1.29, 1.82) is 0 Å². The van der Waals surface area contributed by atoms with Gasteiger partial charge in [0.2, 0.25) is 0 Å². The molecule has 0 aromatic heterocycles. The van der Waals surface area contributed by atoms with E-state index in [4.69, 9.17) is 5.73 Å². The van der Waals surface area contributed by atoms with E-state index in [1.165, 1.54) is 18.9 Å². The Morgan fingerprint density at radius 3 is 2.38 bits per heavy atom. The molecule has 2 aromatic rings. The molecule has 2 aliphatic rings. The van der Waals surface area contributed by atoms with Crippen molar-refractivity contribution in [2.75, 3.05) is 18.4 Å². The monoisotopic (exact) mass is 390 g/mol. The summed E-state index contributed by atoms with van der Waals surface area (Å²) in [5.74, 6) is 1.55. The van der Waals surface area contributed by atoms with E-state index in [-0.39, 0.29) is 5.82 Å². The zero-order chi connectivity index (χ0) is 16.9. The van der Waals surface area contributed by atoms with Gasteiger partial charge < -0.3 is 11.1 Å². The molecule has 1 fully saturated rings. The van der Waals surface area contributed by atoms with Crippen molar-refractivity contribution in [1.82, 2.24) is 0 Å². The Labute approximate surface area is 151 Å². The molecular weight excluding hydrogens is 367 g/mol. The van der Waals surface area contributed by atoms with Crippen LogP contribution in [0.5, 0.6) is 0 Å². The van der Waals surface area contributed by atoms with Gasteiger partial charge in [-0.3, -0.25) is 0 Å². The van der Waals surface area contributed by atoms with Gasteiger partial charge in [0.1, 0.15) is 5.82 Å². The molecule has 1 saturated carbocycles. The number of fused-ring (bicyclic) bond motifs is 3. The summed E-state index contributed by atoms with van der Waals surface area (Å²) in [6.07, 6.45) is 3.52. The van der Waals surface area contributed by atoms with Gasteiger partial charge in [-0.2, -0.15) is 0 Å². The van der Waals surface area contributed by atoms with Crippen molar-refractivity contribution >= 4 is 21.6 Å². The van der Waals surface area contributed by atoms with Crippen molar-refractivity contribution in [2.45, 2.75) is 25.2 Å². The van der Waals surface area contributed by atoms with Gasteiger partial charge in [0, 0.05) is 11.0 Å². The van der Waals surface area contributed by atoms with Gasteiger partial charge in [0.05, 0.1) is 5.69 Å². The maximum atomic E-state index is 14.0. The first-order valence-electron chi connectivity index (χ1n) is 8.62. The average Bonchev–Trinajstić information content (AvgIpc) is 2.63. The molecule has 2 nitrogen and oxygen atoms in total. The maximum absolute atomic E-state index is 14.0. The average molecular weight is 391 g/mol. The van der Waals surface area contributed by atoms with E-state index in [1.807, 2.05) is 36.4 Å². The van der Waals surface area contributed by atoms with E-state index in [0.717, 1.165) is 29.5 Å². The number of hydrogen-bond acceptors (Lipinski definition) is 2. The molecule has 3 N–H and O–H groups in total. The van der Waals surface area contributed by atoms with Gasteiger partial charge in [0.15, 0.2) is 0 Å². The zero-order valence-electron chi connectivity index (χ0n) is 13.7. The third kappa shape index (κ3) is 3.98. The summed E-state index contributed by atoms with van der Waals surface area (Å²) >= 11 is 3.40. The lowest BCUT2D eigenvalue weighted by Gasteiger charge is -2.41. The Bertz CT molecular complexity index is 635. The van der Waals surface area contributed by atoms with E-state index >= 15 is 0 Å². The summed E-state index contributed by atoms with van der Waals surface area (Å²) in [5, 5.41) is 3.26. The zero-order valence-corrected chi connectivity index (χ0v) is 15.3. The number of nitrogens with one attached hydrogen (secondary N) is 1. The fraction of sp³-hybridized carbons (Fsp3) is 0.400. The molecule has 1 aliphatic heterocycles. The largest absolute Gasteiger partial charge is 0.382 e. The first kappa shape index (κ1) is 17.4. The topological polar surface area (TPSA) is 38.0 Å². The highest BCUT2D eigenvalue weighted by Crippen LogP contribution is 2.47. The van der Waals surface area contributed by atoms with Gasteiger partial charge in [-0.05, 0) is 61.3 Å². The first-order valence-corrected chi connectivity index (χ1v) is 9.41. The van der Waals surface area contributed by atoms with Crippen LogP contribution < -0.4 is 11.1 Å². The molecule has 4 rings (SSSR count). The van der Waals surface area contributed by atoms with Gasteiger partial charge in [-0.15, -0.1) is 0 Å².